The highest BCUT2D eigenvalue weighted by Crippen LogP contribution is 2.37. The van der Waals surface area contributed by atoms with Gasteiger partial charge in [0.1, 0.15) is 6.11 Å². The van der Waals surface area contributed by atoms with E-state index in [1.54, 1.807) is 25.1 Å². The molecule has 0 amide bonds. The summed E-state index contributed by atoms with van der Waals surface area (Å²) in [6.07, 6.45) is 5.25. The van der Waals surface area contributed by atoms with E-state index in [0.29, 0.717) is 17.4 Å². The SMILES string of the molecule is CC#COc1ccc2c(oc3c(F)c(OCCCCC)ccc32)c1F. The Balaban J connectivity index is 2.01. The lowest BCUT2D eigenvalue weighted by atomic mass is 10.1. The smallest absolute Gasteiger partial charge is 0.209 e. The molecule has 0 unspecified atom stereocenters. The van der Waals surface area contributed by atoms with E-state index < -0.39 is 11.6 Å². The first-order valence-corrected chi connectivity index (χ1v) is 8.22. The lowest BCUT2D eigenvalue weighted by Gasteiger charge is -2.06. The minimum absolute atomic E-state index is 0.0272. The first-order valence-electron chi connectivity index (χ1n) is 8.22. The van der Waals surface area contributed by atoms with Crippen molar-refractivity contribution in [3.05, 3.63) is 35.9 Å². The topological polar surface area (TPSA) is 31.6 Å². The lowest BCUT2D eigenvalue weighted by Crippen LogP contribution is -1.99. The van der Waals surface area contributed by atoms with E-state index in [1.165, 1.54) is 6.07 Å². The number of furan rings is 1. The van der Waals surface area contributed by atoms with Gasteiger partial charge < -0.3 is 13.9 Å². The monoisotopic (exact) mass is 344 g/mol. The van der Waals surface area contributed by atoms with Gasteiger partial charge in [-0.3, -0.25) is 0 Å². The van der Waals surface area contributed by atoms with Gasteiger partial charge in [-0.25, -0.2) is 0 Å². The van der Waals surface area contributed by atoms with Crippen molar-refractivity contribution >= 4 is 21.9 Å². The largest absolute Gasteiger partial charge is 0.490 e. The summed E-state index contributed by atoms with van der Waals surface area (Å²) in [6, 6.07) is 6.29. The molecule has 25 heavy (non-hydrogen) atoms. The average molecular weight is 344 g/mol. The van der Waals surface area contributed by atoms with Crippen LogP contribution >= 0.6 is 0 Å². The van der Waals surface area contributed by atoms with Crippen LogP contribution in [0.25, 0.3) is 21.9 Å². The molecule has 3 nitrogen and oxygen atoms in total. The normalized spacial score (nSPS) is 10.7. The fourth-order valence-corrected chi connectivity index (χ4v) is 2.63. The molecular weight excluding hydrogens is 326 g/mol. The van der Waals surface area contributed by atoms with Crippen LogP contribution in [-0.2, 0) is 0 Å². The van der Waals surface area contributed by atoms with Crippen molar-refractivity contribution in [3.63, 3.8) is 0 Å². The Hall–Kier alpha value is -2.74. The summed E-state index contributed by atoms with van der Waals surface area (Å²) < 4.78 is 45.1. The van der Waals surface area contributed by atoms with E-state index in [2.05, 4.69) is 19.0 Å². The molecule has 3 rings (SSSR count). The number of ether oxygens (including phenoxy) is 2. The quantitative estimate of drug-likeness (QED) is 0.419. The van der Waals surface area contributed by atoms with E-state index >= 15 is 0 Å². The second kappa shape index (κ2) is 7.43. The standard InChI is InChI=1S/C20H18F2O3/c1-3-5-6-12-24-16-10-8-14-13-7-9-15(23-11-4-2)17(21)19(13)25-20(14)18(16)22/h7-10H,3,5-6,12H2,1-2H3. The van der Waals surface area contributed by atoms with Crippen LogP contribution in [0.15, 0.2) is 28.7 Å². The molecule has 0 aliphatic heterocycles. The number of hydrogen-bond donors (Lipinski definition) is 0. The van der Waals surface area contributed by atoms with E-state index in [4.69, 9.17) is 13.9 Å². The highest BCUT2D eigenvalue weighted by molar-refractivity contribution is 6.06. The van der Waals surface area contributed by atoms with Crippen LogP contribution < -0.4 is 9.47 Å². The molecule has 0 atom stereocenters. The van der Waals surface area contributed by atoms with E-state index in [0.717, 1.165) is 19.3 Å². The summed E-state index contributed by atoms with van der Waals surface area (Å²) in [5.41, 5.74) is -0.0898. The van der Waals surface area contributed by atoms with Crippen molar-refractivity contribution in [2.75, 3.05) is 6.61 Å². The molecule has 0 N–H and O–H groups in total. The van der Waals surface area contributed by atoms with Crippen molar-refractivity contribution in [1.29, 1.82) is 0 Å². The van der Waals surface area contributed by atoms with Crippen LogP contribution in [0.5, 0.6) is 11.5 Å². The van der Waals surface area contributed by atoms with Crippen molar-refractivity contribution in [2.24, 2.45) is 0 Å². The Morgan fingerprint density at radius 3 is 2.24 bits per heavy atom. The maximum absolute atomic E-state index is 14.7. The first kappa shape index (κ1) is 17.1. The zero-order chi connectivity index (χ0) is 17.8. The van der Waals surface area contributed by atoms with Gasteiger partial charge >= 0.3 is 0 Å². The molecule has 2 aromatic carbocycles. The number of hydrogen-bond acceptors (Lipinski definition) is 3. The molecular formula is C20H18F2O3. The van der Waals surface area contributed by atoms with Crippen molar-refractivity contribution in [1.82, 2.24) is 0 Å². The molecule has 1 aromatic heterocycles. The maximum Gasteiger partial charge on any atom is 0.209 e. The molecule has 0 spiro atoms. The van der Waals surface area contributed by atoms with E-state index in [9.17, 15) is 8.78 Å². The first-order chi connectivity index (χ1) is 12.2. The van der Waals surface area contributed by atoms with Crippen LogP contribution in [-0.4, -0.2) is 6.61 Å². The Bertz CT molecular complexity index is 964. The molecule has 0 bridgehead atoms. The molecule has 0 aliphatic rings. The number of halogens is 2. The Labute approximate surface area is 144 Å². The van der Waals surface area contributed by atoms with Gasteiger partial charge in [0.05, 0.1) is 6.61 Å². The predicted octanol–water partition coefficient (Wildman–Crippen LogP) is 5.79. The fourth-order valence-electron chi connectivity index (χ4n) is 2.63. The average Bonchev–Trinajstić information content (AvgIpc) is 3.00. The third kappa shape index (κ3) is 3.25. The maximum atomic E-state index is 14.7. The Morgan fingerprint density at radius 2 is 1.60 bits per heavy atom. The third-order valence-corrected chi connectivity index (χ3v) is 3.89. The lowest BCUT2D eigenvalue weighted by molar-refractivity contribution is 0.291. The molecule has 3 aromatic rings. The minimum Gasteiger partial charge on any atom is -0.490 e. The van der Waals surface area contributed by atoms with Gasteiger partial charge in [0.2, 0.25) is 11.6 Å². The summed E-state index contributed by atoms with van der Waals surface area (Å²) in [6.45, 7) is 4.09. The highest BCUT2D eigenvalue weighted by Gasteiger charge is 2.20. The zero-order valence-corrected chi connectivity index (χ0v) is 14.1. The van der Waals surface area contributed by atoms with Crippen LogP contribution in [0.1, 0.15) is 33.1 Å². The van der Waals surface area contributed by atoms with Gasteiger partial charge in [0.25, 0.3) is 0 Å². The fraction of sp³-hybridized carbons (Fsp3) is 0.300. The van der Waals surface area contributed by atoms with Crippen LogP contribution in [0, 0.1) is 23.7 Å². The number of rotatable bonds is 6. The van der Waals surface area contributed by atoms with Crippen molar-refractivity contribution in [2.45, 2.75) is 33.1 Å². The summed E-state index contributed by atoms with van der Waals surface area (Å²) in [5, 5.41) is 0.959. The third-order valence-electron chi connectivity index (χ3n) is 3.89. The van der Waals surface area contributed by atoms with Gasteiger partial charge in [-0.15, -0.1) is 0 Å². The number of fused-ring (bicyclic) bond motifs is 3. The molecule has 0 saturated heterocycles. The summed E-state index contributed by atoms with van der Waals surface area (Å²) in [4.78, 5) is 0. The van der Waals surface area contributed by atoms with Crippen LogP contribution in [0.3, 0.4) is 0 Å². The number of benzene rings is 2. The predicted molar refractivity (Wildman–Crippen MR) is 92.7 cm³/mol. The molecule has 1 heterocycles. The second-order valence-electron chi connectivity index (χ2n) is 5.62. The summed E-state index contributed by atoms with van der Waals surface area (Å²) >= 11 is 0. The van der Waals surface area contributed by atoms with E-state index in [-0.39, 0.29) is 22.7 Å². The van der Waals surface area contributed by atoms with Gasteiger partial charge in [-0.1, -0.05) is 25.7 Å². The van der Waals surface area contributed by atoms with Crippen molar-refractivity contribution < 1.29 is 22.7 Å². The van der Waals surface area contributed by atoms with Gasteiger partial charge in [-0.05, 0) is 30.7 Å². The second-order valence-corrected chi connectivity index (χ2v) is 5.62. The van der Waals surface area contributed by atoms with Gasteiger partial charge in [0, 0.05) is 17.7 Å². The minimum atomic E-state index is -0.707. The van der Waals surface area contributed by atoms with Crippen molar-refractivity contribution in [3.8, 4) is 23.5 Å². The summed E-state index contributed by atoms with van der Waals surface area (Å²) in [5.74, 6) is 1.24. The molecule has 5 heteroatoms. The summed E-state index contributed by atoms with van der Waals surface area (Å²) in [7, 11) is 0. The Morgan fingerprint density at radius 1 is 0.960 bits per heavy atom. The zero-order valence-electron chi connectivity index (χ0n) is 14.1. The van der Waals surface area contributed by atoms with Gasteiger partial charge in [-0.2, -0.15) is 8.78 Å². The number of unbranched alkanes of at least 4 members (excludes halogenated alkanes) is 2. The Kier molecular flexibility index (Phi) is 5.08. The molecule has 0 aliphatic carbocycles. The molecule has 130 valence electrons. The molecule has 0 fully saturated rings. The van der Waals surface area contributed by atoms with Crippen LogP contribution in [0.2, 0.25) is 0 Å². The highest BCUT2D eigenvalue weighted by atomic mass is 19.1. The van der Waals surface area contributed by atoms with Gasteiger partial charge in [0.15, 0.2) is 22.7 Å². The molecule has 0 saturated carbocycles. The van der Waals surface area contributed by atoms with Crippen LogP contribution in [0.4, 0.5) is 8.78 Å². The van der Waals surface area contributed by atoms with E-state index in [1.807, 2.05) is 0 Å². The molecule has 0 radical (unpaired) electrons.